The third kappa shape index (κ3) is 4.19. The van der Waals surface area contributed by atoms with E-state index in [0.29, 0.717) is 11.5 Å². The molecule has 1 amide bonds. The highest BCUT2D eigenvalue weighted by Crippen LogP contribution is 2.27. The maximum Gasteiger partial charge on any atom is 0.294 e. The summed E-state index contributed by atoms with van der Waals surface area (Å²) in [4.78, 5) is 30.7. The van der Waals surface area contributed by atoms with Crippen molar-refractivity contribution in [1.29, 1.82) is 0 Å². The van der Waals surface area contributed by atoms with E-state index in [4.69, 9.17) is 16.1 Å². The van der Waals surface area contributed by atoms with Crippen molar-refractivity contribution in [3.63, 3.8) is 0 Å². The number of amides is 1. The Bertz CT molecular complexity index is 945. The molecule has 26 heavy (non-hydrogen) atoms. The van der Waals surface area contributed by atoms with Crippen LogP contribution in [0.15, 0.2) is 47.1 Å². The largest absolute Gasteiger partial charge is 0.339 e. The summed E-state index contributed by atoms with van der Waals surface area (Å²) >= 11 is 5.74. The second-order valence-corrected chi connectivity index (χ2v) is 5.63. The molecule has 132 valence electrons. The molecule has 2 heterocycles. The number of hydrogen-bond acceptors (Lipinski definition) is 7. The highest BCUT2D eigenvalue weighted by molar-refractivity contribution is 6.31. The second-order valence-electron chi connectivity index (χ2n) is 5.19. The number of carbonyl (C=O) groups is 1. The Morgan fingerprint density at radius 2 is 2.15 bits per heavy atom. The van der Waals surface area contributed by atoms with Crippen molar-refractivity contribution in [2.75, 3.05) is 5.32 Å². The zero-order chi connectivity index (χ0) is 18.5. The summed E-state index contributed by atoms with van der Waals surface area (Å²) in [7, 11) is 0. The van der Waals surface area contributed by atoms with Crippen LogP contribution in [-0.4, -0.2) is 26.0 Å². The number of benzene rings is 1. The van der Waals surface area contributed by atoms with Gasteiger partial charge in [0.05, 0.1) is 4.92 Å². The third-order valence-corrected chi connectivity index (χ3v) is 3.59. The van der Waals surface area contributed by atoms with E-state index >= 15 is 0 Å². The average Bonchev–Trinajstić information content (AvgIpc) is 3.11. The third-order valence-electron chi connectivity index (χ3n) is 3.36. The normalized spacial score (nSPS) is 10.5. The van der Waals surface area contributed by atoms with Gasteiger partial charge in [-0.25, -0.2) is 0 Å². The molecule has 1 N–H and O–H groups in total. The predicted octanol–water partition coefficient (Wildman–Crippen LogP) is 3.26. The van der Waals surface area contributed by atoms with Crippen LogP contribution < -0.4 is 5.32 Å². The van der Waals surface area contributed by atoms with Crippen LogP contribution in [0.5, 0.6) is 0 Å². The maximum atomic E-state index is 12.1. The first-order chi connectivity index (χ1) is 12.5. The van der Waals surface area contributed by atoms with E-state index in [1.54, 1.807) is 24.4 Å². The number of aromatic nitrogens is 3. The summed E-state index contributed by atoms with van der Waals surface area (Å²) in [5.41, 5.74) is 0.355. The van der Waals surface area contributed by atoms with Gasteiger partial charge in [0.15, 0.2) is 0 Å². The Kier molecular flexibility index (Phi) is 5.18. The van der Waals surface area contributed by atoms with Gasteiger partial charge in [-0.05, 0) is 24.3 Å². The fourth-order valence-corrected chi connectivity index (χ4v) is 2.32. The highest BCUT2D eigenvalue weighted by Gasteiger charge is 2.17. The van der Waals surface area contributed by atoms with E-state index in [1.807, 2.05) is 0 Å². The van der Waals surface area contributed by atoms with Gasteiger partial charge in [-0.2, -0.15) is 4.98 Å². The van der Waals surface area contributed by atoms with E-state index < -0.39 is 10.8 Å². The minimum Gasteiger partial charge on any atom is -0.339 e. The number of nitrogens with one attached hydrogen (secondary N) is 1. The molecule has 0 aliphatic carbocycles. The number of aryl methyl sites for hydroxylation is 1. The van der Waals surface area contributed by atoms with E-state index in [1.165, 1.54) is 18.2 Å². The van der Waals surface area contributed by atoms with E-state index in [2.05, 4.69) is 20.4 Å². The quantitative estimate of drug-likeness (QED) is 0.519. The molecule has 0 saturated carbocycles. The Morgan fingerprint density at radius 3 is 2.88 bits per heavy atom. The van der Waals surface area contributed by atoms with E-state index in [0.717, 1.165) is 0 Å². The van der Waals surface area contributed by atoms with Gasteiger partial charge >= 0.3 is 0 Å². The Hall–Kier alpha value is -3.33. The zero-order valence-corrected chi connectivity index (χ0v) is 14.0. The van der Waals surface area contributed by atoms with E-state index in [9.17, 15) is 14.9 Å². The number of nitro benzene ring substituents is 1. The summed E-state index contributed by atoms with van der Waals surface area (Å²) in [5.74, 6) is 0.175. The number of nitrogens with zero attached hydrogens (tertiary/aromatic N) is 4. The van der Waals surface area contributed by atoms with Crippen molar-refractivity contribution in [3.8, 4) is 11.5 Å². The molecule has 0 fully saturated rings. The van der Waals surface area contributed by atoms with Crippen LogP contribution in [0.2, 0.25) is 5.02 Å². The summed E-state index contributed by atoms with van der Waals surface area (Å²) in [6.07, 6.45) is 1.81. The lowest BCUT2D eigenvalue weighted by Gasteiger charge is -2.05. The van der Waals surface area contributed by atoms with Crippen LogP contribution >= 0.6 is 11.6 Å². The monoisotopic (exact) mass is 373 g/mol. The van der Waals surface area contributed by atoms with Gasteiger partial charge in [0.25, 0.3) is 5.69 Å². The van der Waals surface area contributed by atoms with Crippen LogP contribution in [0.25, 0.3) is 11.5 Å². The topological polar surface area (TPSA) is 124 Å². The molecule has 2 aromatic heterocycles. The number of anilines is 1. The molecular weight excluding hydrogens is 362 g/mol. The number of nitro groups is 1. The molecule has 0 bridgehead atoms. The fourth-order valence-electron chi connectivity index (χ4n) is 2.15. The first-order valence-electron chi connectivity index (χ1n) is 7.51. The number of rotatable bonds is 6. The molecule has 0 aliphatic heterocycles. The fraction of sp³-hybridized carbons (Fsp3) is 0.125. The summed E-state index contributed by atoms with van der Waals surface area (Å²) < 4.78 is 5.09. The van der Waals surface area contributed by atoms with Gasteiger partial charge in [0.1, 0.15) is 11.4 Å². The molecule has 0 atom stereocenters. The van der Waals surface area contributed by atoms with Crippen LogP contribution in [0.4, 0.5) is 11.4 Å². The SMILES string of the molecule is O=C(CCc1nc(-c2ccccn2)no1)Nc1ccc(Cl)cc1[N+](=O)[O-]. The van der Waals surface area contributed by atoms with Crippen LogP contribution in [0.3, 0.4) is 0 Å². The number of pyridine rings is 1. The molecule has 1 aromatic carbocycles. The second kappa shape index (κ2) is 7.70. The van der Waals surface area contributed by atoms with Crippen molar-refractivity contribution < 1.29 is 14.2 Å². The lowest BCUT2D eigenvalue weighted by molar-refractivity contribution is -0.383. The first kappa shape index (κ1) is 17.5. The van der Waals surface area contributed by atoms with Gasteiger partial charge in [0, 0.05) is 30.1 Å². The molecule has 0 radical (unpaired) electrons. The molecule has 3 rings (SSSR count). The molecule has 9 nitrogen and oxygen atoms in total. The van der Waals surface area contributed by atoms with Crippen molar-refractivity contribution in [3.05, 3.63) is 63.6 Å². The van der Waals surface area contributed by atoms with Crippen LogP contribution in [0.1, 0.15) is 12.3 Å². The van der Waals surface area contributed by atoms with Crippen molar-refractivity contribution in [1.82, 2.24) is 15.1 Å². The number of carbonyl (C=O) groups excluding carboxylic acids is 1. The standard InChI is InChI=1S/C16H12ClN5O4/c17-10-4-5-11(13(9-10)22(24)25)19-14(23)6-7-15-20-16(21-26-15)12-3-1-2-8-18-12/h1-5,8-9H,6-7H2,(H,19,23). The van der Waals surface area contributed by atoms with Crippen LogP contribution in [-0.2, 0) is 11.2 Å². The molecule has 3 aromatic rings. The number of halogens is 1. The van der Waals surface area contributed by atoms with Crippen molar-refractivity contribution in [2.24, 2.45) is 0 Å². The Labute approximate surface area is 152 Å². The lowest BCUT2D eigenvalue weighted by atomic mass is 10.2. The summed E-state index contributed by atoms with van der Waals surface area (Å²) in [5, 5.41) is 17.5. The first-order valence-corrected chi connectivity index (χ1v) is 7.88. The van der Waals surface area contributed by atoms with Gasteiger partial charge in [0.2, 0.25) is 17.6 Å². The minimum absolute atomic E-state index is 0.0175. The van der Waals surface area contributed by atoms with Gasteiger partial charge in [-0.15, -0.1) is 0 Å². The smallest absolute Gasteiger partial charge is 0.294 e. The number of hydrogen-bond donors (Lipinski definition) is 1. The average molecular weight is 374 g/mol. The summed E-state index contributed by atoms with van der Waals surface area (Å²) in [6.45, 7) is 0. The highest BCUT2D eigenvalue weighted by atomic mass is 35.5. The summed E-state index contributed by atoms with van der Waals surface area (Å²) in [6, 6.07) is 9.32. The van der Waals surface area contributed by atoms with Crippen LogP contribution in [0, 0.1) is 10.1 Å². The lowest BCUT2D eigenvalue weighted by Crippen LogP contribution is -2.13. The molecule has 0 unspecified atom stereocenters. The molecule has 10 heteroatoms. The molecule has 0 spiro atoms. The minimum atomic E-state index is -0.612. The van der Waals surface area contributed by atoms with Crippen molar-refractivity contribution >= 4 is 28.9 Å². The predicted molar refractivity (Wildman–Crippen MR) is 92.6 cm³/mol. The maximum absolute atomic E-state index is 12.1. The Balaban J connectivity index is 1.62. The zero-order valence-electron chi connectivity index (χ0n) is 13.3. The Morgan fingerprint density at radius 1 is 1.31 bits per heavy atom. The molecule has 0 saturated heterocycles. The van der Waals surface area contributed by atoms with Crippen molar-refractivity contribution in [2.45, 2.75) is 12.8 Å². The van der Waals surface area contributed by atoms with E-state index in [-0.39, 0.29) is 35.1 Å². The molecule has 0 aliphatic rings. The van der Waals surface area contributed by atoms with Gasteiger partial charge in [-0.3, -0.25) is 19.9 Å². The van der Waals surface area contributed by atoms with Gasteiger partial charge < -0.3 is 9.84 Å². The molecular formula is C16H12ClN5O4. The van der Waals surface area contributed by atoms with Gasteiger partial charge in [-0.1, -0.05) is 22.8 Å².